The molecule has 2 heterocycles. The van der Waals surface area contributed by atoms with E-state index in [4.69, 9.17) is 0 Å². The zero-order valence-corrected chi connectivity index (χ0v) is 15.1. The zero-order valence-electron chi connectivity index (χ0n) is 15.1. The fourth-order valence-electron chi connectivity index (χ4n) is 2.93. The molecule has 0 atom stereocenters. The van der Waals surface area contributed by atoms with Crippen molar-refractivity contribution in [2.24, 2.45) is 0 Å². The Kier molecular flexibility index (Phi) is 4.37. The second kappa shape index (κ2) is 6.35. The molecule has 6 nitrogen and oxygen atoms in total. The first-order valence-corrected chi connectivity index (χ1v) is 8.49. The lowest BCUT2D eigenvalue weighted by atomic mass is 10.1. The van der Waals surface area contributed by atoms with Gasteiger partial charge < -0.3 is 15.2 Å². The summed E-state index contributed by atoms with van der Waals surface area (Å²) in [5.41, 5.74) is 2.88. The number of urea groups is 1. The predicted octanol–water partition coefficient (Wildman–Crippen LogP) is 2.61. The molecule has 0 unspecified atom stereocenters. The number of nitrogens with zero attached hydrogens (tertiary/aromatic N) is 2. The number of carbonyl (C=O) groups is 1. The number of aromatic nitrogens is 2. The molecular formula is C19H24N4O2. The first-order chi connectivity index (χ1) is 11.7. The van der Waals surface area contributed by atoms with Crippen LogP contribution in [-0.2, 0) is 13.0 Å². The van der Waals surface area contributed by atoms with Crippen LogP contribution in [0.4, 0.5) is 4.79 Å². The van der Waals surface area contributed by atoms with Gasteiger partial charge in [0.25, 0.3) is 5.56 Å². The van der Waals surface area contributed by atoms with Gasteiger partial charge in [-0.1, -0.05) is 23.8 Å². The maximum absolute atomic E-state index is 12.5. The normalized spacial score (nSPS) is 14.2. The molecule has 2 aromatic rings. The highest BCUT2D eigenvalue weighted by Gasteiger charge is 2.26. The zero-order chi connectivity index (χ0) is 18.2. The number of hydrogen-bond donors (Lipinski definition) is 2. The minimum absolute atomic E-state index is 0.152. The van der Waals surface area contributed by atoms with Crippen LogP contribution in [0.2, 0.25) is 0 Å². The van der Waals surface area contributed by atoms with Crippen LogP contribution >= 0.6 is 0 Å². The van der Waals surface area contributed by atoms with Gasteiger partial charge in [0.15, 0.2) is 0 Å². The van der Waals surface area contributed by atoms with Gasteiger partial charge in [-0.05, 0) is 33.8 Å². The van der Waals surface area contributed by atoms with Gasteiger partial charge in [0.2, 0.25) is 0 Å². The molecule has 25 heavy (non-hydrogen) atoms. The van der Waals surface area contributed by atoms with Crippen LogP contribution in [0.15, 0.2) is 29.1 Å². The first-order valence-electron chi connectivity index (χ1n) is 8.49. The third-order valence-electron chi connectivity index (χ3n) is 4.13. The van der Waals surface area contributed by atoms with E-state index in [1.54, 1.807) is 4.90 Å². The number of nitrogens with one attached hydrogen (secondary N) is 2. The average molecular weight is 340 g/mol. The van der Waals surface area contributed by atoms with Crippen molar-refractivity contribution in [1.82, 2.24) is 20.2 Å². The number of carbonyl (C=O) groups excluding carboxylic acids is 1. The molecule has 6 heteroatoms. The summed E-state index contributed by atoms with van der Waals surface area (Å²) >= 11 is 0. The van der Waals surface area contributed by atoms with Crippen LogP contribution in [0.3, 0.4) is 0 Å². The van der Waals surface area contributed by atoms with Gasteiger partial charge in [0.05, 0.1) is 17.8 Å². The quantitative estimate of drug-likeness (QED) is 0.837. The summed E-state index contributed by atoms with van der Waals surface area (Å²) in [5.74, 6) is 0.583. The summed E-state index contributed by atoms with van der Waals surface area (Å²) in [6.45, 7) is 8.65. The number of H-pyrrole nitrogens is 1. The minimum Gasteiger partial charge on any atom is -0.333 e. The number of amides is 2. The number of fused-ring (bicyclic) bond motifs is 1. The van der Waals surface area contributed by atoms with E-state index in [0.29, 0.717) is 24.4 Å². The van der Waals surface area contributed by atoms with Crippen molar-refractivity contribution in [2.45, 2.75) is 46.2 Å². The number of rotatable bonds is 1. The Hall–Kier alpha value is -2.63. The molecule has 132 valence electrons. The van der Waals surface area contributed by atoms with Crippen LogP contribution in [0.1, 0.15) is 37.6 Å². The second-order valence-electron chi connectivity index (χ2n) is 7.56. The lowest BCUT2D eigenvalue weighted by molar-refractivity contribution is 0.182. The van der Waals surface area contributed by atoms with Gasteiger partial charge in [-0.25, -0.2) is 9.78 Å². The molecule has 0 saturated heterocycles. The van der Waals surface area contributed by atoms with Crippen molar-refractivity contribution >= 4 is 6.03 Å². The van der Waals surface area contributed by atoms with E-state index in [1.165, 1.54) is 0 Å². The monoisotopic (exact) mass is 340 g/mol. The molecular weight excluding hydrogens is 316 g/mol. The molecule has 2 N–H and O–H groups in total. The molecule has 0 spiro atoms. The van der Waals surface area contributed by atoms with Crippen LogP contribution in [0.5, 0.6) is 0 Å². The Morgan fingerprint density at radius 1 is 1.32 bits per heavy atom. The highest BCUT2D eigenvalue weighted by molar-refractivity contribution is 5.75. The highest BCUT2D eigenvalue weighted by Crippen LogP contribution is 2.19. The van der Waals surface area contributed by atoms with E-state index in [9.17, 15) is 9.59 Å². The largest absolute Gasteiger partial charge is 0.333 e. The third kappa shape index (κ3) is 3.90. The van der Waals surface area contributed by atoms with Crippen LogP contribution in [0.25, 0.3) is 11.4 Å². The van der Waals surface area contributed by atoms with Crippen LogP contribution in [-0.4, -0.2) is 33.0 Å². The van der Waals surface area contributed by atoms with E-state index in [1.807, 2.05) is 52.0 Å². The molecule has 1 aromatic heterocycles. The van der Waals surface area contributed by atoms with Gasteiger partial charge in [0, 0.05) is 24.1 Å². The lowest BCUT2D eigenvalue weighted by Crippen LogP contribution is -2.50. The molecule has 0 aliphatic carbocycles. The van der Waals surface area contributed by atoms with E-state index in [2.05, 4.69) is 15.3 Å². The van der Waals surface area contributed by atoms with Crippen molar-refractivity contribution in [2.75, 3.05) is 6.54 Å². The Morgan fingerprint density at radius 2 is 2.08 bits per heavy atom. The third-order valence-corrected chi connectivity index (χ3v) is 4.13. The topological polar surface area (TPSA) is 78.1 Å². The van der Waals surface area contributed by atoms with Gasteiger partial charge in [-0.15, -0.1) is 0 Å². The fraction of sp³-hybridized carbons (Fsp3) is 0.421. The summed E-state index contributed by atoms with van der Waals surface area (Å²) < 4.78 is 0. The molecule has 2 amide bonds. The Balaban J connectivity index is 1.87. The van der Waals surface area contributed by atoms with Gasteiger partial charge in [-0.3, -0.25) is 4.79 Å². The van der Waals surface area contributed by atoms with Crippen molar-refractivity contribution in [3.63, 3.8) is 0 Å². The van der Waals surface area contributed by atoms with Crippen molar-refractivity contribution < 1.29 is 4.79 Å². The summed E-state index contributed by atoms with van der Waals surface area (Å²) in [6.07, 6.45) is 0.579. The maximum atomic E-state index is 12.5. The standard InChI is InChI=1S/C19H24N4O2/c1-12-6-5-7-13(10-12)16-20-15-8-9-23(11-14(15)17(24)21-16)18(25)22-19(2,3)4/h5-7,10H,8-9,11H2,1-4H3,(H,22,25)(H,20,21,24). The summed E-state index contributed by atoms with van der Waals surface area (Å²) in [5, 5.41) is 2.94. The molecule has 0 saturated carbocycles. The van der Waals surface area contributed by atoms with E-state index in [-0.39, 0.29) is 23.7 Å². The first kappa shape index (κ1) is 17.2. The van der Waals surface area contributed by atoms with Gasteiger partial charge in [-0.2, -0.15) is 0 Å². The van der Waals surface area contributed by atoms with E-state index >= 15 is 0 Å². The highest BCUT2D eigenvalue weighted by atomic mass is 16.2. The Bertz CT molecular complexity index is 864. The van der Waals surface area contributed by atoms with Crippen molar-refractivity contribution in [3.05, 3.63) is 51.4 Å². The molecule has 1 aliphatic heterocycles. The molecule has 0 fully saturated rings. The second-order valence-corrected chi connectivity index (χ2v) is 7.56. The van der Waals surface area contributed by atoms with E-state index < -0.39 is 0 Å². The Labute approximate surface area is 147 Å². The van der Waals surface area contributed by atoms with Crippen LogP contribution < -0.4 is 10.9 Å². The number of hydrogen-bond acceptors (Lipinski definition) is 3. The smallest absolute Gasteiger partial charge is 0.318 e. The predicted molar refractivity (Wildman–Crippen MR) is 97.4 cm³/mol. The Morgan fingerprint density at radius 3 is 2.76 bits per heavy atom. The SMILES string of the molecule is Cc1cccc(-c2nc3c(c(=O)[nH]2)CN(C(=O)NC(C)(C)C)CC3)c1. The fourth-order valence-corrected chi connectivity index (χ4v) is 2.93. The number of benzene rings is 1. The summed E-state index contributed by atoms with van der Waals surface area (Å²) in [6, 6.07) is 7.73. The number of aryl methyl sites for hydroxylation is 1. The molecule has 3 rings (SSSR count). The molecule has 0 radical (unpaired) electrons. The maximum Gasteiger partial charge on any atom is 0.318 e. The van der Waals surface area contributed by atoms with Crippen molar-refractivity contribution in [3.8, 4) is 11.4 Å². The molecule has 1 aliphatic rings. The van der Waals surface area contributed by atoms with Gasteiger partial charge >= 0.3 is 6.03 Å². The minimum atomic E-state index is -0.308. The van der Waals surface area contributed by atoms with E-state index in [0.717, 1.165) is 16.8 Å². The van der Waals surface area contributed by atoms with Crippen molar-refractivity contribution in [1.29, 1.82) is 0 Å². The van der Waals surface area contributed by atoms with Crippen LogP contribution in [0, 0.1) is 6.92 Å². The number of aromatic amines is 1. The van der Waals surface area contributed by atoms with Gasteiger partial charge in [0.1, 0.15) is 5.82 Å². The average Bonchev–Trinajstić information content (AvgIpc) is 2.53. The molecule has 1 aromatic carbocycles. The molecule has 0 bridgehead atoms. The lowest BCUT2D eigenvalue weighted by Gasteiger charge is -2.31. The summed E-state index contributed by atoms with van der Waals surface area (Å²) in [7, 11) is 0. The summed E-state index contributed by atoms with van der Waals surface area (Å²) in [4.78, 5) is 34.1.